The largest absolute Gasteiger partial charge is 0.339 e. The number of nitriles is 1. The summed E-state index contributed by atoms with van der Waals surface area (Å²) in [6.07, 6.45) is 1.83. The molecule has 0 aliphatic carbocycles. The second kappa shape index (κ2) is 5.98. The lowest BCUT2D eigenvalue weighted by molar-refractivity contribution is 0.0695. The second-order valence-corrected chi connectivity index (χ2v) is 5.46. The van der Waals surface area contributed by atoms with Crippen molar-refractivity contribution in [2.45, 2.75) is 25.7 Å². The van der Waals surface area contributed by atoms with E-state index in [4.69, 9.17) is 9.78 Å². The van der Waals surface area contributed by atoms with Gasteiger partial charge in [0.25, 0.3) is 5.91 Å². The minimum atomic E-state index is -0.0574. The molecular weight excluding hydrogens is 280 g/mol. The summed E-state index contributed by atoms with van der Waals surface area (Å²) in [5.41, 5.74) is 1.04. The van der Waals surface area contributed by atoms with Gasteiger partial charge in [0.05, 0.1) is 17.6 Å². The van der Waals surface area contributed by atoms with Crippen molar-refractivity contribution in [2.75, 3.05) is 13.1 Å². The van der Waals surface area contributed by atoms with Gasteiger partial charge >= 0.3 is 0 Å². The van der Waals surface area contributed by atoms with Crippen molar-refractivity contribution in [3.8, 4) is 6.07 Å². The molecule has 112 valence electrons. The number of benzene rings is 1. The predicted molar refractivity (Wildman–Crippen MR) is 78.1 cm³/mol. The van der Waals surface area contributed by atoms with Crippen molar-refractivity contribution in [1.29, 1.82) is 5.26 Å². The van der Waals surface area contributed by atoms with E-state index in [-0.39, 0.29) is 11.8 Å². The number of hydrogen-bond acceptors (Lipinski definition) is 5. The number of hydrogen-bond donors (Lipinski definition) is 0. The molecule has 1 aliphatic heterocycles. The van der Waals surface area contributed by atoms with E-state index in [0.717, 1.165) is 12.8 Å². The number of piperidine rings is 1. The van der Waals surface area contributed by atoms with E-state index in [2.05, 4.69) is 16.2 Å². The highest BCUT2D eigenvalue weighted by Crippen LogP contribution is 2.26. The third-order valence-electron chi connectivity index (χ3n) is 3.84. The molecule has 1 amide bonds. The average Bonchev–Trinajstić information content (AvgIpc) is 3.01. The standard InChI is InChI=1S/C16H16N4O2/c1-11-18-15(22-19-11)14-6-3-7-20(10-14)16(21)13-5-2-4-12(8-13)9-17/h2,4-5,8,14H,3,6-7,10H2,1H3. The lowest BCUT2D eigenvalue weighted by Gasteiger charge is -2.31. The van der Waals surface area contributed by atoms with Crippen LogP contribution in [-0.4, -0.2) is 34.0 Å². The van der Waals surface area contributed by atoms with Crippen molar-refractivity contribution in [3.05, 3.63) is 47.1 Å². The quantitative estimate of drug-likeness (QED) is 0.849. The molecule has 2 aromatic rings. The maximum absolute atomic E-state index is 12.6. The molecule has 0 saturated carbocycles. The number of amides is 1. The van der Waals surface area contributed by atoms with Gasteiger partial charge < -0.3 is 9.42 Å². The minimum Gasteiger partial charge on any atom is -0.339 e. The zero-order chi connectivity index (χ0) is 15.5. The number of carbonyl (C=O) groups excluding carboxylic acids is 1. The van der Waals surface area contributed by atoms with Gasteiger partial charge in [-0.15, -0.1) is 0 Å². The van der Waals surface area contributed by atoms with Crippen LogP contribution < -0.4 is 0 Å². The molecule has 2 heterocycles. The van der Waals surface area contributed by atoms with Gasteiger partial charge in [-0.2, -0.15) is 10.2 Å². The SMILES string of the molecule is Cc1noc(C2CCCN(C(=O)c3cccc(C#N)c3)C2)n1. The topological polar surface area (TPSA) is 83.0 Å². The summed E-state index contributed by atoms with van der Waals surface area (Å²) in [5, 5.41) is 12.8. The second-order valence-electron chi connectivity index (χ2n) is 5.46. The van der Waals surface area contributed by atoms with Gasteiger partial charge in [-0.05, 0) is 38.0 Å². The maximum atomic E-state index is 12.6. The van der Waals surface area contributed by atoms with Crippen LogP contribution in [0.4, 0.5) is 0 Å². The lowest BCUT2D eigenvalue weighted by Crippen LogP contribution is -2.39. The van der Waals surface area contributed by atoms with Crippen LogP contribution in [0.3, 0.4) is 0 Å². The molecule has 1 saturated heterocycles. The van der Waals surface area contributed by atoms with Crippen LogP contribution in [0.2, 0.25) is 0 Å². The molecular formula is C16H16N4O2. The molecule has 0 radical (unpaired) electrons. The fraction of sp³-hybridized carbons (Fsp3) is 0.375. The third-order valence-corrected chi connectivity index (χ3v) is 3.84. The Balaban J connectivity index is 1.76. The van der Waals surface area contributed by atoms with E-state index in [1.165, 1.54) is 0 Å². The Kier molecular flexibility index (Phi) is 3.88. The van der Waals surface area contributed by atoms with Crippen molar-refractivity contribution < 1.29 is 9.32 Å². The molecule has 22 heavy (non-hydrogen) atoms. The molecule has 1 atom stereocenters. The highest BCUT2D eigenvalue weighted by molar-refractivity contribution is 5.94. The molecule has 1 aromatic carbocycles. The Morgan fingerprint density at radius 3 is 3.09 bits per heavy atom. The first-order valence-electron chi connectivity index (χ1n) is 7.27. The van der Waals surface area contributed by atoms with E-state index in [0.29, 0.717) is 35.9 Å². The monoisotopic (exact) mass is 296 g/mol. The van der Waals surface area contributed by atoms with E-state index in [1.807, 2.05) is 0 Å². The minimum absolute atomic E-state index is 0.0574. The molecule has 1 aliphatic rings. The lowest BCUT2D eigenvalue weighted by atomic mass is 9.97. The highest BCUT2D eigenvalue weighted by atomic mass is 16.5. The van der Waals surface area contributed by atoms with Gasteiger partial charge in [0.15, 0.2) is 5.82 Å². The summed E-state index contributed by atoms with van der Waals surface area (Å²) in [4.78, 5) is 18.7. The smallest absolute Gasteiger partial charge is 0.253 e. The molecule has 1 fully saturated rings. The number of aryl methyl sites for hydroxylation is 1. The van der Waals surface area contributed by atoms with Gasteiger partial charge in [-0.3, -0.25) is 4.79 Å². The summed E-state index contributed by atoms with van der Waals surface area (Å²) < 4.78 is 5.23. The summed E-state index contributed by atoms with van der Waals surface area (Å²) in [7, 11) is 0. The number of nitrogens with zero attached hydrogens (tertiary/aromatic N) is 4. The van der Waals surface area contributed by atoms with Crippen molar-refractivity contribution in [2.24, 2.45) is 0 Å². The Labute approximate surface area is 128 Å². The van der Waals surface area contributed by atoms with Crippen LogP contribution in [0.25, 0.3) is 0 Å². The van der Waals surface area contributed by atoms with Crippen molar-refractivity contribution in [3.63, 3.8) is 0 Å². The fourth-order valence-corrected chi connectivity index (χ4v) is 2.75. The summed E-state index contributed by atoms with van der Waals surface area (Å²) in [6, 6.07) is 8.85. The number of likely N-dealkylation sites (tertiary alicyclic amines) is 1. The summed E-state index contributed by atoms with van der Waals surface area (Å²) in [5.74, 6) is 1.23. The molecule has 1 aromatic heterocycles. The predicted octanol–water partition coefficient (Wildman–Crippen LogP) is 2.27. The molecule has 0 bridgehead atoms. The zero-order valence-electron chi connectivity index (χ0n) is 12.3. The van der Waals surface area contributed by atoms with Crippen LogP contribution >= 0.6 is 0 Å². The number of aromatic nitrogens is 2. The van der Waals surface area contributed by atoms with E-state index < -0.39 is 0 Å². The first-order chi connectivity index (χ1) is 10.7. The third kappa shape index (κ3) is 2.84. The van der Waals surface area contributed by atoms with Crippen LogP contribution in [0.5, 0.6) is 0 Å². The number of rotatable bonds is 2. The average molecular weight is 296 g/mol. The van der Waals surface area contributed by atoms with E-state index >= 15 is 0 Å². The van der Waals surface area contributed by atoms with E-state index in [1.54, 1.807) is 36.1 Å². The molecule has 3 rings (SSSR count). The number of carbonyl (C=O) groups is 1. The first kappa shape index (κ1) is 14.3. The summed E-state index contributed by atoms with van der Waals surface area (Å²) in [6.45, 7) is 3.06. The molecule has 1 unspecified atom stereocenters. The summed E-state index contributed by atoms with van der Waals surface area (Å²) >= 11 is 0. The molecule has 6 nitrogen and oxygen atoms in total. The van der Waals surface area contributed by atoms with Gasteiger partial charge in [0.2, 0.25) is 5.89 Å². The van der Waals surface area contributed by atoms with Gasteiger partial charge in [-0.1, -0.05) is 11.2 Å². The van der Waals surface area contributed by atoms with Crippen molar-refractivity contribution >= 4 is 5.91 Å². The van der Waals surface area contributed by atoms with Gasteiger partial charge in [0, 0.05) is 18.7 Å². The van der Waals surface area contributed by atoms with Crippen LogP contribution in [0, 0.1) is 18.3 Å². The van der Waals surface area contributed by atoms with Crippen LogP contribution in [0.1, 0.15) is 46.4 Å². The Bertz CT molecular complexity index is 732. The fourth-order valence-electron chi connectivity index (χ4n) is 2.75. The Morgan fingerprint density at radius 1 is 1.50 bits per heavy atom. The molecule has 0 spiro atoms. The van der Waals surface area contributed by atoms with Crippen molar-refractivity contribution in [1.82, 2.24) is 15.0 Å². The van der Waals surface area contributed by atoms with Gasteiger partial charge in [0.1, 0.15) is 0 Å². The van der Waals surface area contributed by atoms with E-state index in [9.17, 15) is 4.79 Å². The van der Waals surface area contributed by atoms with Crippen LogP contribution in [0.15, 0.2) is 28.8 Å². The highest BCUT2D eigenvalue weighted by Gasteiger charge is 2.28. The molecule has 6 heteroatoms. The normalized spacial score (nSPS) is 18.0. The molecule has 0 N–H and O–H groups in total. The first-order valence-corrected chi connectivity index (χ1v) is 7.27. The zero-order valence-corrected chi connectivity index (χ0v) is 12.3. The van der Waals surface area contributed by atoms with Crippen LogP contribution in [-0.2, 0) is 0 Å². The Hall–Kier alpha value is -2.68. The maximum Gasteiger partial charge on any atom is 0.253 e. The Morgan fingerprint density at radius 2 is 2.36 bits per heavy atom. The van der Waals surface area contributed by atoms with Gasteiger partial charge in [-0.25, -0.2) is 0 Å².